The molecule has 0 amide bonds. The number of rotatable bonds is 1. The molecule has 5 nitrogen and oxygen atoms in total. The molecule has 102 valence electrons. The molecule has 0 radical (unpaired) electrons. The van der Waals surface area contributed by atoms with E-state index in [9.17, 15) is 9.59 Å². The van der Waals surface area contributed by atoms with Gasteiger partial charge in [-0.1, -0.05) is 0 Å². The van der Waals surface area contributed by atoms with Gasteiger partial charge in [-0.3, -0.25) is 0 Å². The summed E-state index contributed by atoms with van der Waals surface area (Å²) in [7, 11) is 0. The van der Waals surface area contributed by atoms with Gasteiger partial charge in [0, 0.05) is 5.39 Å². The quantitative estimate of drug-likeness (QED) is 0.849. The number of aromatic nitrogens is 1. The van der Waals surface area contributed by atoms with Gasteiger partial charge in [0.2, 0.25) is 0 Å². The van der Waals surface area contributed by atoms with E-state index >= 15 is 0 Å². The first kappa shape index (κ1) is 14.1. The molecule has 0 bridgehead atoms. The number of carboxylic acid groups (broad SMARTS) is 1. The molecule has 2 aromatic rings. The molecule has 0 unspecified atom stereocenters. The molecule has 0 fully saturated rings. The van der Waals surface area contributed by atoms with Gasteiger partial charge in [-0.2, -0.15) is 0 Å². The zero-order chi connectivity index (χ0) is 14.4. The van der Waals surface area contributed by atoms with Gasteiger partial charge in [-0.05, 0) is 48.8 Å². The molecular weight excluding hydrogens is 334 g/mol. The number of fused-ring (bicyclic) bond motifs is 1. The van der Waals surface area contributed by atoms with Crippen molar-refractivity contribution in [1.82, 2.24) is 4.57 Å². The Hall–Kier alpha value is -1.34. The Kier molecular flexibility index (Phi) is 3.44. The third-order valence-corrected chi connectivity index (χ3v) is 3.88. The Morgan fingerprint density at radius 1 is 1.37 bits per heavy atom. The number of aromatic carboxylic acids is 1. The van der Waals surface area contributed by atoms with Crippen LogP contribution in [0, 0.1) is 0 Å². The van der Waals surface area contributed by atoms with Gasteiger partial charge in [0.15, 0.2) is 0 Å². The van der Waals surface area contributed by atoms with Crippen LogP contribution in [0.2, 0.25) is 0 Å². The first-order chi connectivity index (χ1) is 8.69. The van der Waals surface area contributed by atoms with Crippen LogP contribution in [0.3, 0.4) is 0 Å². The van der Waals surface area contributed by atoms with Gasteiger partial charge >= 0.3 is 12.1 Å². The summed E-state index contributed by atoms with van der Waals surface area (Å²) in [5.74, 6) is -1.16. The lowest BCUT2D eigenvalue weighted by molar-refractivity contribution is 0.0513. The van der Waals surface area contributed by atoms with E-state index in [-0.39, 0.29) is 5.69 Å². The van der Waals surface area contributed by atoms with Gasteiger partial charge in [-0.25, -0.2) is 14.2 Å². The summed E-state index contributed by atoms with van der Waals surface area (Å²) < 4.78 is 7.16. The van der Waals surface area contributed by atoms with Crippen molar-refractivity contribution in [2.24, 2.45) is 0 Å². The third kappa shape index (κ3) is 2.82. The van der Waals surface area contributed by atoms with Crippen LogP contribution < -0.4 is 0 Å². The highest BCUT2D eigenvalue weighted by molar-refractivity contribution is 9.11. The molecule has 2 rings (SSSR count). The van der Waals surface area contributed by atoms with Gasteiger partial charge in [0.1, 0.15) is 16.1 Å². The fraction of sp³-hybridized carbons (Fsp3) is 0.333. The third-order valence-electron chi connectivity index (χ3n) is 2.24. The molecule has 0 saturated heterocycles. The summed E-state index contributed by atoms with van der Waals surface area (Å²) in [5, 5.41) is 9.86. The van der Waals surface area contributed by atoms with Gasteiger partial charge in [-0.15, -0.1) is 11.3 Å². The van der Waals surface area contributed by atoms with E-state index in [2.05, 4.69) is 15.9 Å². The monoisotopic (exact) mass is 345 g/mol. The molecule has 2 aromatic heterocycles. The highest BCUT2D eigenvalue weighted by Crippen LogP contribution is 2.33. The SMILES string of the molecule is CC(C)(C)OC(=O)n1c(C(=O)O)cc2cc(Br)sc21. The lowest BCUT2D eigenvalue weighted by Crippen LogP contribution is -2.28. The van der Waals surface area contributed by atoms with Crippen molar-refractivity contribution in [2.45, 2.75) is 26.4 Å². The second-order valence-electron chi connectivity index (χ2n) is 4.96. The van der Waals surface area contributed by atoms with Crippen molar-refractivity contribution >= 4 is 49.5 Å². The second-order valence-corrected chi connectivity index (χ2v) is 7.37. The minimum absolute atomic E-state index is 0.0944. The van der Waals surface area contributed by atoms with E-state index in [4.69, 9.17) is 9.84 Å². The van der Waals surface area contributed by atoms with Crippen molar-refractivity contribution in [2.75, 3.05) is 0 Å². The summed E-state index contributed by atoms with van der Waals surface area (Å²) in [6, 6.07) is 3.23. The zero-order valence-electron chi connectivity index (χ0n) is 10.6. The minimum Gasteiger partial charge on any atom is -0.477 e. The predicted molar refractivity (Wildman–Crippen MR) is 76.1 cm³/mol. The summed E-state index contributed by atoms with van der Waals surface area (Å²) >= 11 is 4.60. The van der Waals surface area contributed by atoms with Gasteiger partial charge < -0.3 is 9.84 Å². The molecule has 0 aliphatic carbocycles. The molecule has 0 aliphatic heterocycles. The summed E-state index contributed by atoms with van der Waals surface area (Å²) in [4.78, 5) is 23.9. The Bertz CT molecular complexity index is 665. The van der Waals surface area contributed by atoms with E-state index in [0.29, 0.717) is 10.2 Å². The van der Waals surface area contributed by atoms with Crippen LogP contribution in [-0.2, 0) is 4.74 Å². The molecule has 0 saturated carbocycles. The maximum atomic E-state index is 12.1. The number of hydrogen-bond donors (Lipinski definition) is 1. The normalized spacial score (nSPS) is 11.8. The number of ether oxygens (including phenoxy) is 1. The molecule has 19 heavy (non-hydrogen) atoms. The predicted octanol–water partition coefficient (Wildman–Crippen LogP) is 3.95. The number of hydrogen-bond acceptors (Lipinski definition) is 4. The molecule has 0 spiro atoms. The zero-order valence-corrected chi connectivity index (χ0v) is 13.0. The molecular formula is C12H12BrNO4S. The minimum atomic E-state index is -1.16. The van der Waals surface area contributed by atoms with Crippen molar-refractivity contribution in [3.05, 3.63) is 21.6 Å². The second kappa shape index (κ2) is 4.64. The topological polar surface area (TPSA) is 68.5 Å². The fourth-order valence-electron chi connectivity index (χ4n) is 1.61. The van der Waals surface area contributed by atoms with Crippen LogP contribution >= 0.6 is 27.3 Å². The largest absolute Gasteiger partial charge is 0.477 e. The number of halogens is 1. The number of nitrogens with zero attached hydrogens (tertiary/aromatic N) is 1. The van der Waals surface area contributed by atoms with E-state index in [1.54, 1.807) is 26.8 Å². The lowest BCUT2D eigenvalue weighted by atomic mass is 10.2. The van der Waals surface area contributed by atoms with E-state index < -0.39 is 17.7 Å². The van der Waals surface area contributed by atoms with Crippen LogP contribution in [-0.4, -0.2) is 27.3 Å². The fourth-order valence-corrected chi connectivity index (χ4v) is 3.19. The van der Waals surface area contributed by atoms with Gasteiger partial charge in [0.05, 0.1) is 3.79 Å². The number of carboxylic acids is 1. The Labute approximate surface area is 121 Å². The smallest absolute Gasteiger partial charge is 0.420 e. The van der Waals surface area contributed by atoms with Crippen LogP contribution in [0.1, 0.15) is 31.3 Å². The maximum absolute atomic E-state index is 12.1. The van der Waals surface area contributed by atoms with E-state index in [1.165, 1.54) is 17.4 Å². The van der Waals surface area contributed by atoms with Crippen LogP contribution in [0.5, 0.6) is 0 Å². The van der Waals surface area contributed by atoms with Gasteiger partial charge in [0.25, 0.3) is 0 Å². The Morgan fingerprint density at radius 2 is 2.00 bits per heavy atom. The van der Waals surface area contributed by atoms with Crippen LogP contribution in [0.25, 0.3) is 10.2 Å². The lowest BCUT2D eigenvalue weighted by Gasteiger charge is -2.20. The Morgan fingerprint density at radius 3 is 2.53 bits per heavy atom. The van der Waals surface area contributed by atoms with E-state index in [0.717, 1.165) is 8.35 Å². The molecule has 0 aliphatic rings. The Balaban J connectivity index is 2.58. The van der Waals surface area contributed by atoms with E-state index in [1.807, 2.05) is 0 Å². The molecule has 0 aromatic carbocycles. The van der Waals surface area contributed by atoms with Crippen LogP contribution in [0.15, 0.2) is 15.9 Å². The average molecular weight is 346 g/mol. The number of carbonyl (C=O) groups is 2. The molecule has 0 atom stereocenters. The van der Waals surface area contributed by atoms with Crippen molar-refractivity contribution in [3.8, 4) is 0 Å². The summed E-state index contributed by atoms with van der Waals surface area (Å²) in [5.41, 5.74) is -0.777. The molecule has 1 N–H and O–H groups in total. The molecule has 2 heterocycles. The highest BCUT2D eigenvalue weighted by atomic mass is 79.9. The first-order valence-electron chi connectivity index (χ1n) is 5.46. The average Bonchev–Trinajstić information content (AvgIpc) is 2.69. The van der Waals surface area contributed by atoms with Crippen molar-refractivity contribution < 1.29 is 19.4 Å². The number of carbonyl (C=O) groups excluding carboxylic acids is 1. The van der Waals surface area contributed by atoms with Crippen molar-refractivity contribution in [3.63, 3.8) is 0 Å². The first-order valence-corrected chi connectivity index (χ1v) is 7.07. The number of thiophene rings is 1. The van der Waals surface area contributed by atoms with Crippen LogP contribution in [0.4, 0.5) is 4.79 Å². The highest BCUT2D eigenvalue weighted by Gasteiger charge is 2.25. The summed E-state index contributed by atoms with van der Waals surface area (Å²) in [6.07, 6.45) is -0.686. The molecule has 7 heteroatoms. The maximum Gasteiger partial charge on any atom is 0.420 e. The standard InChI is InChI=1S/C12H12BrNO4S/c1-12(2,3)18-11(17)14-7(10(15)16)4-6-5-8(13)19-9(6)14/h4-5H,1-3H3,(H,15,16). The van der Waals surface area contributed by atoms with Crippen molar-refractivity contribution in [1.29, 1.82) is 0 Å². The summed E-state index contributed by atoms with van der Waals surface area (Å²) in [6.45, 7) is 5.20.